The SMILES string of the molecule is C=CC(=O)Oc1ccc2cc(/C=C/C3=[N+](C)c4c(ccc5ccccc45)C3(C)C)ccc2c1. The molecule has 0 atom stereocenters. The van der Waals surface area contributed by atoms with Crippen LogP contribution in [0.1, 0.15) is 25.0 Å². The lowest BCUT2D eigenvalue weighted by Crippen LogP contribution is -2.26. The van der Waals surface area contributed by atoms with E-state index in [-0.39, 0.29) is 5.41 Å². The molecular weight excluding hydrogens is 406 g/mol. The van der Waals surface area contributed by atoms with E-state index in [1.54, 1.807) is 0 Å². The third-order valence-electron chi connectivity index (χ3n) is 6.57. The second-order valence-corrected chi connectivity index (χ2v) is 8.98. The number of rotatable bonds is 4. The van der Waals surface area contributed by atoms with E-state index in [1.807, 2.05) is 18.2 Å². The highest BCUT2D eigenvalue weighted by atomic mass is 16.5. The zero-order chi connectivity index (χ0) is 23.2. The second kappa shape index (κ2) is 7.86. The molecule has 0 aliphatic carbocycles. The maximum atomic E-state index is 11.5. The lowest BCUT2D eigenvalue weighted by atomic mass is 9.80. The molecule has 0 amide bonds. The third kappa shape index (κ3) is 3.56. The zero-order valence-corrected chi connectivity index (χ0v) is 19.1. The molecule has 0 aromatic heterocycles. The van der Waals surface area contributed by atoms with Crippen LogP contribution in [0.5, 0.6) is 5.75 Å². The molecule has 0 saturated heterocycles. The highest BCUT2D eigenvalue weighted by Crippen LogP contribution is 2.43. The van der Waals surface area contributed by atoms with Crippen molar-refractivity contribution in [2.45, 2.75) is 19.3 Å². The van der Waals surface area contributed by atoms with Gasteiger partial charge in [-0.25, -0.2) is 4.79 Å². The van der Waals surface area contributed by atoms with Crippen LogP contribution in [0.4, 0.5) is 5.69 Å². The fourth-order valence-electron chi connectivity index (χ4n) is 4.86. The number of nitrogens with zero attached hydrogens (tertiary/aromatic N) is 1. The van der Waals surface area contributed by atoms with E-state index < -0.39 is 5.97 Å². The van der Waals surface area contributed by atoms with Crippen molar-refractivity contribution in [1.29, 1.82) is 0 Å². The van der Waals surface area contributed by atoms with Crippen LogP contribution in [0.25, 0.3) is 27.6 Å². The maximum Gasteiger partial charge on any atom is 0.335 e. The Morgan fingerprint density at radius 2 is 1.64 bits per heavy atom. The Labute approximate surface area is 193 Å². The van der Waals surface area contributed by atoms with Crippen LogP contribution < -0.4 is 4.74 Å². The number of allylic oxidation sites excluding steroid dienone is 1. The first-order valence-corrected chi connectivity index (χ1v) is 11.1. The van der Waals surface area contributed by atoms with Crippen molar-refractivity contribution in [2.24, 2.45) is 0 Å². The summed E-state index contributed by atoms with van der Waals surface area (Å²) in [6.45, 7) is 8.02. The van der Waals surface area contributed by atoms with Crippen molar-refractivity contribution >= 4 is 45.0 Å². The molecule has 0 radical (unpaired) electrons. The van der Waals surface area contributed by atoms with Crippen molar-refractivity contribution in [3.63, 3.8) is 0 Å². The van der Waals surface area contributed by atoms with Gasteiger partial charge in [-0.15, -0.1) is 0 Å². The molecule has 4 aromatic rings. The summed E-state index contributed by atoms with van der Waals surface area (Å²) in [5.74, 6) is 0.0635. The van der Waals surface area contributed by atoms with Crippen molar-refractivity contribution in [3.8, 4) is 5.75 Å². The van der Waals surface area contributed by atoms with Crippen LogP contribution in [0.3, 0.4) is 0 Å². The van der Waals surface area contributed by atoms with Crippen LogP contribution in [0, 0.1) is 0 Å². The molecule has 0 saturated carbocycles. The van der Waals surface area contributed by atoms with Crippen LogP contribution in [-0.2, 0) is 10.2 Å². The van der Waals surface area contributed by atoms with Crippen LogP contribution in [0.2, 0.25) is 0 Å². The molecule has 0 bridgehead atoms. The molecule has 3 heteroatoms. The summed E-state index contributed by atoms with van der Waals surface area (Å²) >= 11 is 0. The summed E-state index contributed by atoms with van der Waals surface area (Å²) in [6, 6.07) is 25.0. The van der Waals surface area contributed by atoms with Gasteiger partial charge in [-0.1, -0.05) is 55.1 Å². The van der Waals surface area contributed by atoms with Crippen molar-refractivity contribution < 1.29 is 14.1 Å². The van der Waals surface area contributed by atoms with Gasteiger partial charge < -0.3 is 4.74 Å². The van der Waals surface area contributed by atoms with Gasteiger partial charge in [-0.2, -0.15) is 4.58 Å². The Hall–Kier alpha value is -3.98. The minimum atomic E-state index is -0.456. The summed E-state index contributed by atoms with van der Waals surface area (Å²) < 4.78 is 7.56. The molecular formula is C30H26NO2+. The number of benzene rings is 4. The van der Waals surface area contributed by atoms with Gasteiger partial charge in [0.15, 0.2) is 5.71 Å². The topological polar surface area (TPSA) is 29.3 Å². The van der Waals surface area contributed by atoms with Crippen LogP contribution >= 0.6 is 0 Å². The first kappa shape index (κ1) is 20.9. The lowest BCUT2D eigenvalue weighted by molar-refractivity contribution is -0.399. The Balaban J connectivity index is 1.50. The Morgan fingerprint density at radius 1 is 0.909 bits per heavy atom. The number of carbonyl (C=O) groups is 1. The Bertz CT molecular complexity index is 1500. The first-order chi connectivity index (χ1) is 15.9. The molecule has 33 heavy (non-hydrogen) atoms. The van der Waals surface area contributed by atoms with Gasteiger partial charge >= 0.3 is 5.97 Å². The number of ether oxygens (including phenoxy) is 1. The summed E-state index contributed by atoms with van der Waals surface area (Å²) in [5, 5.41) is 4.66. The molecule has 3 nitrogen and oxygen atoms in total. The average Bonchev–Trinajstić information content (AvgIpc) is 3.02. The highest BCUT2D eigenvalue weighted by Gasteiger charge is 2.43. The number of hydrogen-bond acceptors (Lipinski definition) is 2. The molecule has 0 unspecified atom stereocenters. The minimum Gasteiger partial charge on any atom is -0.423 e. The largest absolute Gasteiger partial charge is 0.423 e. The molecule has 1 aliphatic heterocycles. The zero-order valence-electron chi connectivity index (χ0n) is 19.1. The molecule has 1 aliphatic rings. The lowest BCUT2D eigenvalue weighted by Gasteiger charge is -2.15. The van der Waals surface area contributed by atoms with Gasteiger partial charge in [0.2, 0.25) is 5.69 Å². The third-order valence-corrected chi connectivity index (χ3v) is 6.57. The first-order valence-electron chi connectivity index (χ1n) is 11.1. The van der Waals surface area contributed by atoms with Gasteiger partial charge in [-0.3, -0.25) is 0 Å². The predicted molar refractivity (Wildman–Crippen MR) is 137 cm³/mol. The number of esters is 1. The molecule has 5 rings (SSSR count). The monoisotopic (exact) mass is 432 g/mol. The van der Waals surface area contributed by atoms with Crippen molar-refractivity contribution in [3.05, 3.63) is 103 Å². The van der Waals surface area contributed by atoms with E-state index in [0.717, 1.165) is 16.3 Å². The Kier molecular flexibility index (Phi) is 4.98. The van der Waals surface area contributed by atoms with Gasteiger partial charge in [0.1, 0.15) is 12.8 Å². The number of hydrogen-bond donors (Lipinski definition) is 0. The van der Waals surface area contributed by atoms with E-state index in [2.05, 4.69) is 98.8 Å². The normalized spacial score (nSPS) is 14.8. The smallest absolute Gasteiger partial charge is 0.335 e. The fourth-order valence-corrected chi connectivity index (χ4v) is 4.86. The number of carbonyl (C=O) groups excluding carboxylic acids is 1. The Morgan fingerprint density at radius 3 is 2.45 bits per heavy atom. The van der Waals surface area contributed by atoms with Crippen molar-refractivity contribution in [2.75, 3.05) is 7.05 Å². The van der Waals surface area contributed by atoms with E-state index in [1.165, 1.54) is 33.8 Å². The maximum absolute atomic E-state index is 11.5. The van der Waals surface area contributed by atoms with Gasteiger partial charge in [-0.05, 0) is 65.9 Å². The molecule has 4 aromatic carbocycles. The van der Waals surface area contributed by atoms with Crippen LogP contribution in [0.15, 0.2) is 91.5 Å². The van der Waals surface area contributed by atoms with E-state index in [9.17, 15) is 4.79 Å². The molecule has 0 spiro atoms. The summed E-state index contributed by atoms with van der Waals surface area (Å²) in [7, 11) is 2.16. The molecule has 1 heterocycles. The summed E-state index contributed by atoms with van der Waals surface area (Å²) in [5.41, 5.74) is 4.93. The molecule has 162 valence electrons. The average molecular weight is 433 g/mol. The second-order valence-electron chi connectivity index (χ2n) is 8.98. The van der Waals surface area contributed by atoms with Crippen molar-refractivity contribution in [1.82, 2.24) is 0 Å². The standard InChI is InChI=1S/C30H26NO2/c1-5-28(32)33-24-15-13-22-18-20(10-12-23(22)19-24)11-17-27-30(2,3)26-16-14-21-8-6-7-9-25(21)29(26)31(27)4/h5-19H,1H2,2-4H3/q+1/b17-11+. The summed E-state index contributed by atoms with van der Waals surface area (Å²) in [4.78, 5) is 11.5. The quantitative estimate of drug-likeness (QED) is 0.154. The van der Waals surface area contributed by atoms with Gasteiger partial charge in [0.25, 0.3) is 0 Å². The predicted octanol–water partition coefficient (Wildman–Crippen LogP) is 6.80. The highest BCUT2D eigenvalue weighted by molar-refractivity contribution is 6.08. The minimum absolute atomic E-state index is 0.0919. The van der Waals surface area contributed by atoms with Crippen LogP contribution in [-0.4, -0.2) is 23.3 Å². The number of fused-ring (bicyclic) bond motifs is 4. The molecule has 0 fully saturated rings. The fraction of sp³-hybridized carbons (Fsp3) is 0.133. The van der Waals surface area contributed by atoms with Gasteiger partial charge in [0.05, 0.1) is 10.8 Å². The molecule has 0 N–H and O–H groups in total. The summed E-state index contributed by atoms with van der Waals surface area (Å²) in [6.07, 6.45) is 5.57. The van der Waals surface area contributed by atoms with E-state index in [0.29, 0.717) is 5.75 Å². The van der Waals surface area contributed by atoms with Gasteiger partial charge in [0, 0.05) is 17.7 Å². The van der Waals surface area contributed by atoms with E-state index in [4.69, 9.17) is 4.74 Å². The van der Waals surface area contributed by atoms with E-state index >= 15 is 0 Å².